The summed E-state index contributed by atoms with van der Waals surface area (Å²) in [6, 6.07) is 9.50. The Bertz CT molecular complexity index is 1040. The molecule has 0 aliphatic carbocycles. The molecule has 0 amide bonds. The van der Waals surface area contributed by atoms with Crippen molar-refractivity contribution in [1.29, 1.82) is 0 Å². The molecule has 9 heteroatoms. The molecule has 2 aromatic carbocycles. The molecule has 1 unspecified atom stereocenters. The van der Waals surface area contributed by atoms with Crippen LogP contribution in [0.15, 0.2) is 55.1 Å². The van der Waals surface area contributed by atoms with E-state index in [9.17, 15) is 18.3 Å². The molecule has 3 aromatic rings. The fourth-order valence-electron chi connectivity index (χ4n) is 2.77. The molecular formula is C20H15ClF3N3O2. The second kappa shape index (κ2) is 8.15. The zero-order valence-corrected chi connectivity index (χ0v) is 15.9. The lowest BCUT2D eigenvalue weighted by Crippen LogP contribution is -2.33. The smallest absolute Gasteiger partial charge is 0.416 e. The molecule has 0 aliphatic rings. The van der Waals surface area contributed by atoms with Gasteiger partial charge in [-0.3, -0.25) is 0 Å². The normalized spacial score (nSPS) is 13.3. The van der Waals surface area contributed by atoms with Crippen molar-refractivity contribution in [2.75, 3.05) is 0 Å². The molecule has 0 saturated carbocycles. The van der Waals surface area contributed by atoms with Gasteiger partial charge >= 0.3 is 6.18 Å². The minimum absolute atomic E-state index is 0.0454. The topological polar surface area (TPSA) is 60.2 Å². The molecule has 1 aromatic heterocycles. The number of halogens is 4. The van der Waals surface area contributed by atoms with Crippen LogP contribution >= 0.6 is 11.6 Å². The van der Waals surface area contributed by atoms with Crippen LogP contribution in [0.25, 0.3) is 0 Å². The number of ether oxygens (including phenoxy) is 1. The Morgan fingerprint density at radius 1 is 1.10 bits per heavy atom. The van der Waals surface area contributed by atoms with Crippen molar-refractivity contribution in [3.63, 3.8) is 0 Å². The third kappa shape index (κ3) is 4.88. The van der Waals surface area contributed by atoms with Crippen LogP contribution < -0.4 is 4.74 Å². The van der Waals surface area contributed by atoms with Crippen LogP contribution in [0.1, 0.15) is 18.1 Å². The van der Waals surface area contributed by atoms with E-state index in [1.807, 2.05) is 0 Å². The predicted octanol–water partition coefficient (Wildman–Crippen LogP) is 4.65. The van der Waals surface area contributed by atoms with Gasteiger partial charge in [0.2, 0.25) is 0 Å². The van der Waals surface area contributed by atoms with Crippen molar-refractivity contribution in [3.8, 4) is 23.3 Å². The summed E-state index contributed by atoms with van der Waals surface area (Å²) in [5.41, 5.74) is -3.60. The van der Waals surface area contributed by atoms with Crippen LogP contribution in [0.3, 0.4) is 0 Å². The van der Waals surface area contributed by atoms with Crippen LogP contribution in [0.2, 0.25) is 5.02 Å². The van der Waals surface area contributed by atoms with Gasteiger partial charge in [-0.2, -0.15) is 18.3 Å². The van der Waals surface area contributed by atoms with Gasteiger partial charge in [0.05, 0.1) is 12.1 Å². The van der Waals surface area contributed by atoms with Crippen molar-refractivity contribution in [3.05, 3.63) is 71.3 Å². The first-order valence-electron chi connectivity index (χ1n) is 8.35. The summed E-state index contributed by atoms with van der Waals surface area (Å²) in [5, 5.41) is 15.3. The van der Waals surface area contributed by atoms with Gasteiger partial charge in [-0.05, 0) is 43.3 Å². The van der Waals surface area contributed by atoms with E-state index in [4.69, 9.17) is 16.3 Å². The van der Waals surface area contributed by atoms with E-state index in [2.05, 4.69) is 21.9 Å². The Morgan fingerprint density at radius 2 is 1.79 bits per heavy atom. The van der Waals surface area contributed by atoms with E-state index in [0.29, 0.717) is 10.8 Å². The SMILES string of the molecule is CC#CC(O)(Cn1cncn1)c1ccc(Oc2ccc(Cl)cc2)cc1C(F)(F)F. The fourth-order valence-corrected chi connectivity index (χ4v) is 2.89. The van der Waals surface area contributed by atoms with Crippen LogP contribution in [0, 0.1) is 11.8 Å². The summed E-state index contributed by atoms with van der Waals surface area (Å²) in [6.07, 6.45) is -2.25. The maximum Gasteiger partial charge on any atom is 0.416 e. The molecule has 150 valence electrons. The predicted molar refractivity (Wildman–Crippen MR) is 100 cm³/mol. The molecule has 0 aliphatic heterocycles. The van der Waals surface area contributed by atoms with Gasteiger partial charge in [-0.1, -0.05) is 23.6 Å². The number of benzene rings is 2. The van der Waals surface area contributed by atoms with Gasteiger partial charge in [-0.25, -0.2) is 9.67 Å². The number of hydrogen-bond acceptors (Lipinski definition) is 4. The summed E-state index contributed by atoms with van der Waals surface area (Å²) < 4.78 is 48.1. The quantitative estimate of drug-likeness (QED) is 0.609. The van der Waals surface area contributed by atoms with E-state index in [0.717, 1.165) is 12.1 Å². The average Bonchev–Trinajstić information content (AvgIpc) is 3.16. The van der Waals surface area contributed by atoms with Crippen molar-refractivity contribution in [1.82, 2.24) is 14.8 Å². The number of aliphatic hydroxyl groups is 1. The highest BCUT2D eigenvalue weighted by Crippen LogP contribution is 2.40. The summed E-state index contributed by atoms with van der Waals surface area (Å²) in [7, 11) is 0. The van der Waals surface area contributed by atoms with Gasteiger partial charge in [0.1, 0.15) is 24.2 Å². The van der Waals surface area contributed by atoms with Crippen molar-refractivity contribution in [2.24, 2.45) is 0 Å². The highest BCUT2D eigenvalue weighted by atomic mass is 35.5. The summed E-state index contributed by atoms with van der Waals surface area (Å²) in [5.74, 6) is 5.22. The zero-order chi connectivity index (χ0) is 21.1. The molecule has 0 bridgehead atoms. The first-order chi connectivity index (χ1) is 13.7. The Morgan fingerprint density at radius 3 is 2.38 bits per heavy atom. The van der Waals surface area contributed by atoms with E-state index >= 15 is 0 Å². The number of aromatic nitrogens is 3. The van der Waals surface area contributed by atoms with Crippen LogP contribution in [0.5, 0.6) is 11.5 Å². The number of alkyl halides is 3. The minimum Gasteiger partial charge on any atom is -0.457 e. The van der Waals surface area contributed by atoms with Crippen molar-refractivity contribution < 1.29 is 23.0 Å². The Kier molecular flexibility index (Phi) is 5.82. The lowest BCUT2D eigenvalue weighted by Gasteiger charge is -2.26. The molecule has 0 spiro atoms. The standard InChI is InChI=1S/C20H15ClF3N3O2/c1-2-9-19(28,11-27-13-25-12-26-27)17-8-7-16(10-18(17)20(22,23)24)29-15-5-3-14(21)4-6-15/h3-8,10,12-13,28H,11H2,1H3. The maximum absolute atomic E-state index is 13.8. The van der Waals surface area contributed by atoms with Gasteiger partial charge < -0.3 is 9.84 Å². The second-order valence-corrected chi connectivity index (χ2v) is 6.53. The second-order valence-electron chi connectivity index (χ2n) is 6.09. The van der Waals surface area contributed by atoms with E-state index in [1.165, 1.54) is 42.5 Å². The zero-order valence-electron chi connectivity index (χ0n) is 15.1. The number of rotatable bonds is 5. The molecule has 0 radical (unpaired) electrons. The summed E-state index contributed by atoms with van der Waals surface area (Å²) in [4.78, 5) is 3.74. The number of nitrogens with zero attached hydrogens (tertiary/aromatic N) is 3. The van der Waals surface area contributed by atoms with Gasteiger partial charge in [-0.15, -0.1) is 5.92 Å². The minimum atomic E-state index is -4.75. The third-order valence-electron chi connectivity index (χ3n) is 3.98. The lowest BCUT2D eigenvalue weighted by molar-refractivity contribution is -0.140. The van der Waals surface area contributed by atoms with Crippen LogP contribution in [-0.2, 0) is 18.3 Å². The fraction of sp³-hybridized carbons (Fsp3) is 0.200. The van der Waals surface area contributed by atoms with E-state index < -0.39 is 22.9 Å². The molecular weight excluding hydrogens is 407 g/mol. The van der Waals surface area contributed by atoms with E-state index in [1.54, 1.807) is 12.1 Å². The Hall–Kier alpha value is -3.02. The van der Waals surface area contributed by atoms with E-state index in [-0.39, 0.29) is 12.3 Å². The van der Waals surface area contributed by atoms with Gasteiger partial charge in [0, 0.05) is 10.6 Å². The Labute approximate surface area is 169 Å². The molecule has 0 fully saturated rings. The molecule has 5 nitrogen and oxygen atoms in total. The number of hydrogen-bond donors (Lipinski definition) is 1. The van der Waals surface area contributed by atoms with Gasteiger partial charge in [0.15, 0.2) is 5.60 Å². The molecule has 0 saturated heterocycles. The van der Waals surface area contributed by atoms with Crippen LogP contribution in [0.4, 0.5) is 13.2 Å². The lowest BCUT2D eigenvalue weighted by atomic mass is 9.89. The molecule has 3 rings (SSSR count). The highest BCUT2D eigenvalue weighted by molar-refractivity contribution is 6.30. The molecule has 1 atom stereocenters. The first-order valence-corrected chi connectivity index (χ1v) is 8.73. The highest BCUT2D eigenvalue weighted by Gasteiger charge is 2.41. The van der Waals surface area contributed by atoms with Gasteiger partial charge in [0.25, 0.3) is 0 Å². The molecule has 1 N–H and O–H groups in total. The third-order valence-corrected chi connectivity index (χ3v) is 4.23. The summed E-state index contributed by atoms with van der Waals surface area (Å²) in [6.45, 7) is 1.10. The Balaban J connectivity index is 2.04. The van der Waals surface area contributed by atoms with Crippen molar-refractivity contribution in [2.45, 2.75) is 25.2 Å². The van der Waals surface area contributed by atoms with Crippen LogP contribution in [-0.4, -0.2) is 19.9 Å². The first kappa shape index (κ1) is 20.7. The van der Waals surface area contributed by atoms with Crippen molar-refractivity contribution >= 4 is 11.6 Å². The monoisotopic (exact) mass is 421 g/mol. The largest absolute Gasteiger partial charge is 0.457 e. The molecule has 1 heterocycles. The molecule has 29 heavy (non-hydrogen) atoms. The average molecular weight is 422 g/mol. The maximum atomic E-state index is 13.8. The summed E-state index contributed by atoms with van der Waals surface area (Å²) >= 11 is 5.80.